The second-order valence-corrected chi connectivity index (χ2v) is 7.33. The summed E-state index contributed by atoms with van der Waals surface area (Å²) in [5, 5.41) is 10.7. The predicted molar refractivity (Wildman–Crippen MR) is 114 cm³/mol. The minimum Gasteiger partial charge on any atom is -0.326 e. The molecule has 1 amide bonds. The van der Waals surface area contributed by atoms with Crippen molar-refractivity contribution in [1.29, 1.82) is 0 Å². The van der Waals surface area contributed by atoms with E-state index in [1.807, 2.05) is 6.07 Å². The van der Waals surface area contributed by atoms with E-state index in [4.69, 9.17) is 0 Å². The second kappa shape index (κ2) is 9.45. The van der Waals surface area contributed by atoms with Gasteiger partial charge in [0.15, 0.2) is 0 Å². The number of aromatic amines is 1. The van der Waals surface area contributed by atoms with Gasteiger partial charge in [-0.05, 0) is 42.7 Å². The fourth-order valence-corrected chi connectivity index (χ4v) is 3.62. The Morgan fingerprint density at radius 2 is 1.86 bits per heavy atom. The molecule has 6 heteroatoms. The summed E-state index contributed by atoms with van der Waals surface area (Å²) in [6.45, 7) is 4.14. The van der Waals surface area contributed by atoms with Gasteiger partial charge in [-0.1, -0.05) is 44.9 Å². The van der Waals surface area contributed by atoms with Crippen LogP contribution in [-0.4, -0.2) is 16.1 Å². The number of carbonyl (C=O) groups is 1. The Morgan fingerprint density at radius 1 is 1.10 bits per heavy atom. The molecule has 0 bridgehead atoms. The number of hydrogen-bond acceptors (Lipinski definition) is 3. The SMILES string of the molecule is CCCC(CCC)C(=O)Nc1ccc2c(Cc3cccc(F)c3)n[nH]c(=O)c2c1. The molecule has 0 radical (unpaired) electrons. The number of carbonyl (C=O) groups excluding carboxylic acids is 1. The van der Waals surface area contributed by atoms with Crippen LogP contribution >= 0.6 is 0 Å². The first-order valence-electron chi connectivity index (χ1n) is 10.1. The Balaban J connectivity index is 1.89. The lowest BCUT2D eigenvalue weighted by Gasteiger charge is -2.15. The zero-order valence-corrected chi connectivity index (χ0v) is 16.8. The average Bonchev–Trinajstić information content (AvgIpc) is 2.70. The monoisotopic (exact) mass is 395 g/mol. The fourth-order valence-electron chi connectivity index (χ4n) is 3.62. The Labute approximate surface area is 169 Å². The molecule has 5 nitrogen and oxygen atoms in total. The van der Waals surface area contributed by atoms with Crippen LogP contribution in [0.1, 0.15) is 50.8 Å². The van der Waals surface area contributed by atoms with Gasteiger partial charge in [-0.15, -0.1) is 0 Å². The average molecular weight is 395 g/mol. The highest BCUT2D eigenvalue weighted by Crippen LogP contribution is 2.22. The molecule has 0 aliphatic heterocycles. The summed E-state index contributed by atoms with van der Waals surface area (Å²) in [5.41, 5.74) is 1.69. The predicted octanol–water partition coefficient (Wildman–Crippen LogP) is 4.81. The van der Waals surface area contributed by atoms with E-state index in [2.05, 4.69) is 29.4 Å². The molecule has 0 saturated carbocycles. The first kappa shape index (κ1) is 20.7. The lowest BCUT2D eigenvalue weighted by atomic mass is 9.97. The normalized spacial score (nSPS) is 11.2. The van der Waals surface area contributed by atoms with Crippen molar-refractivity contribution in [3.63, 3.8) is 0 Å². The third-order valence-corrected chi connectivity index (χ3v) is 5.04. The van der Waals surface area contributed by atoms with E-state index < -0.39 is 0 Å². The van der Waals surface area contributed by atoms with Crippen molar-refractivity contribution >= 4 is 22.4 Å². The molecular formula is C23H26FN3O2. The second-order valence-electron chi connectivity index (χ2n) is 7.33. The van der Waals surface area contributed by atoms with Gasteiger partial charge in [0, 0.05) is 23.4 Å². The van der Waals surface area contributed by atoms with Gasteiger partial charge in [0.1, 0.15) is 5.82 Å². The molecule has 29 heavy (non-hydrogen) atoms. The van der Waals surface area contributed by atoms with Crippen LogP contribution in [0.3, 0.4) is 0 Å². The number of anilines is 1. The quantitative estimate of drug-likeness (QED) is 0.575. The summed E-state index contributed by atoms with van der Waals surface area (Å²) < 4.78 is 13.5. The molecule has 0 saturated heterocycles. The molecule has 1 aromatic heterocycles. The van der Waals surface area contributed by atoms with Crippen LogP contribution < -0.4 is 10.9 Å². The number of nitrogens with one attached hydrogen (secondary N) is 2. The lowest BCUT2D eigenvalue weighted by molar-refractivity contribution is -0.120. The fraction of sp³-hybridized carbons (Fsp3) is 0.348. The van der Waals surface area contributed by atoms with Crippen molar-refractivity contribution in [2.45, 2.75) is 46.0 Å². The number of benzene rings is 2. The van der Waals surface area contributed by atoms with E-state index in [9.17, 15) is 14.0 Å². The smallest absolute Gasteiger partial charge is 0.272 e. The highest BCUT2D eigenvalue weighted by molar-refractivity contribution is 5.95. The first-order chi connectivity index (χ1) is 14.0. The maximum atomic E-state index is 13.5. The summed E-state index contributed by atoms with van der Waals surface area (Å²) >= 11 is 0. The summed E-state index contributed by atoms with van der Waals surface area (Å²) in [6, 6.07) is 11.6. The van der Waals surface area contributed by atoms with Crippen LogP contribution in [-0.2, 0) is 11.2 Å². The number of halogens is 1. The number of aromatic nitrogens is 2. The van der Waals surface area contributed by atoms with Crippen molar-refractivity contribution in [3.8, 4) is 0 Å². The van der Waals surface area contributed by atoms with E-state index in [1.54, 1.807) is 24.3 Å². The number of H-pyrrole nitrogens is 1. The molecule has 0 atom stereocenters. The molecule has 2 N–H and O–H groups in total. The van der Waals surface area contributed by atoms with Crippen LogP contribution in [0.5, 0.6) is 0 Å². The van der Waals surface area contributed by atoms with Crippen LogP contribution in [0.2, 0.25) is 0 Å². The minimum atomic E-state index is -0.322. The van der Waals surface area contributed by atoms with Gasteiger partial charge in [-0.2, -0.15) is 5.10 Å². The van der Waals surface area contributed by atoms with Gasteiger partial charge in [0.2, 0.25) is 5.91 Å². The zero-order chi connectivity index (χ0) is 20.8. The van der Waals surface area contributed by atoms with Crippen LogP contribution in [0.4, 0.5) is 10.1 Å². The number of nitrogens with zero attached hydrogens (tertiary/aromatic N) is 1. The van der Waals surface area contributed by atoms with E-state index in [1.165, 1.54) is 12.1 Å². The van der Waals surface area contributed by atoms with Gasteiger partial charge in [-0.3, -0.25) is 9.59 Å². The number of hydrogen-bond donors (Lipinski definition) is 2. The highest BCUT2D eigenvalue weighted by Gasteiger charge is 2.17. The molecule has 0 aliphatic carbocycles. The van der Waals surface area contributed by atoms with Gasteiger partial charge >= 0.3 is 0 Å². The minimum absolute atomic E-state index is 0.0153. The topological polar surface area (TPSA) is 74.8 Å². The van der Waals surface area contributed by atoms with Crippen LogP contribution in [0.15, 0.2) is 47.3 Å². The molecule has 152 valence electrons. The summed E-state index contributed by atoms with van der Waals surface area (Å²) in [4.78, 5) is 24.9. The zero-order valence-electron chi connectivity index (χ0n) is 16.8. The van der Waals surface area contributed by atoms with Crippen molar-refractivity contribution in [1.82, 2.24) is 10.2 Å². The Bertz CT molecular complexity index is 1060. The van der Waals surface area contributed by atoms with Gasteiger partial charge in [0.05, 0.1) is 11.1 Å². The third kappa shape index (κ3) is 5.08. The Kier molecular flexibility index (Phi) is 6.75. The Hall–Kier alpha value is -3.02. The number of amides is 1. The molecule has 3 aromatic rings. The van der Waals surface area contributed by atoms with Crippen molar-refractivity contribution in [2.75, 3.05) is 5.32 Å². The molecule has 0 unspecified atom stereocenters. The summed E-state index contributed by atoms with van der Waals surface area (Å²) in [7, 11) is 0. The molecule has 0 spiro atoms. The molecule has 3 rings (SSSR count). The van der Waals surface area contributed by atoms with Gasteiger partial charge in [0.25, 0.3) is 5.56 Å². The first-order valence-corrected chi connectivity index (χ1v) is 10.1. The van der Waals surface area contributed by atoms with Gasteiger partial charge < -0.3 is 5.32 Å². The van der Waals surface area contributed by atoms with E-state index in [0.717, 1.165) is 31.2 Å². The summed E-state index contributed by atoms with van der Waals surface area (Å²) in [5.74, 6) is -0.353. The maximum Gasteiger partial charge on any atom is 0.272 e. The van der Waals surface area contributed by atoms with Gasteiger partial charge in [-0.25, -0.2) is 9.49 Å². The van der Waals surface area contributed by atoms with Crippen LogP contribution in [0, 0.1) is 11.7 Å². The summed E-state index contributed by atoms with van der Waals surface area (Å²) in [6.07, 6.45) is 3.98. The van der Waals surface area contributed by atoms with Crippen molar-refractivity contribution < 1.29 is 9.18 Å². The molecule has 0 aliphatic rings. The third-order valence-electron chi connectivity index (χ3n) is 5.04. The van der Waals surface area contributed by atoms with Crippen LogP contribution in [0.25, 0.3) is 10.8 Å². The lowest BCUT2D eigenvalue weighted by Crippen LogP contribution is -2.23. The largest absolute Gasteiger partial charge is 0.326 e. The molecule has 0 fully saturated rings. The number of rotatable bonds is 8. The van der Waals surface area contributed by atoms with E-state index in [0.29, 0.717) is 28.6 Å². The van der Waals surface area contributed by atoms with E-state index >= 15 is 0 Å². The standard InChI is InChI=1S/C23H26FN3O2/c1-3-6-16(7-4-2)22(28)25-18-10-11-19-20(14-18)23(29)27-26-21(19)13-15-8-5-9-17(24)12-15/h5,8-12,14,16H,3-4,6-7,13H2,1-2H3,(H,25,28)(H,27,29). The molecular weight excluding hydrogens is 369 g/mol. The maximum absolute atomic E-state index is 13.5. The highest BCUT2D eigenvalue weighted by atomic mass is 19.1. The van der Waals surface area contributed by atoms with Crippen molar-refractivity contribution in [2.24, 2.45) is 5.92 Å². The number of fused-ring (bicyclic) bond motifs is 1. The molecule has 1 heterocycles. The molecule has 2 aromatic carbocycles. The Morgan fingerprint density at radius 3 is 2.55 bits per heavy atom. The van der Waals surface area contributed by atoms with E-state index in [-0.39, 0.29) is 23.2 Å². The van der Waals surface area contributed by atoms with Crippen molar-refractivity contribution in [3.05, 3.63) is 69.9 Å².